The van der Waals surface area contributed by atoms with Crippen LogP contribution in [-0.4, -0.2) is 70.4 Å². The van der Waals surface area contributed by atoms with Crippen LogP contribution in [0.3, 0.4) is 0 Å². The molecule has 2 aromatic carbocycles. The number of nitrogens with one attached hydrogen (secondary N) is 1. The molecule has 1 aliphatic rings. The summed E-state index contributed by atoms with van der Waals surface area (Å²) >= 11 is 6.09. The largest absolute Gasteiger partial charge is 0.463 e. The van der Waals surface area contributed by atoms with Crippen molar-refractivity contribution < 1.29 is 56.6 Å². The summed E-state index contributed by atoms with van der Waals surface area (Å²) in [6.45, 7) is 0.967. The number of aromatic nitrogens is 1. The fourth-order valence-corrected chi connectivity index (χ4v) is 4.34. The van der Waals surface area contributed by atoms with E-state index in [2.05, 4.69) is 10.1 Å². The Hall–Kier alpha value is -6.42. The zero-order valence-corrected chi connectivity index (χ0v) is 25.8. The van der Waals surface area contributed by atoms with Crippen LogP contribution in [0.25, 0.3) is 0 Å². The number of ether oxygens (including phenoxy) is 3. The van der Waals surface area contributed by atoms with E-state index in [1.165, 1.54) is 49.6 Å². The summed E-state index contributed by atoms with van der Waals surface area (Å²) in [7, 11) is 0. The number of urea groups is 1. The lowest BCUT2D eigenvalue weighted by Crippen LogP contribution is -2.72. The number of amides is 4. The molecular weight excluding hydrogens is 671 g/mol. The number of imide groups is 3. The molecule has 2 atom stereocenters. The van der Waals surface area contributed by atoms with Crippen molar-refractivity contribution in [2.75, 3.05) is 6.61 Å². The van der Waals surface area contributed by atoms with Gasteiger partial charge in [-0.1, -0.05) is 41.0 Å². The third kappa shape index (κ3) is 7.28. The molecule has 1 fully saturated rings. The van der Waals surface area contributed by atoms with Gasteiger partial charge in [0.2, 0.25) is 5.88 Å². The van der Waals surface area contributed by atoms with Gasteiger partial charge >= 0.3 is 29.6 Å². The summed E-state index contributed by atoms with van der Waals surface area (Å²) in [5, 5.41) is 5.30. The lowest BCUT2D eigenvalue weighted by molar-refractivity contribution is -0.183. The van der Waals surface area contributed by atoms with Crippen LogP contribution in [0.2, 0.25) is 5.02 Å². The number of nitrogens with zero attached hydrogens (tertiary/aromatic N) is 3. The van der Waals surface area contributed by atoms with Gasteiger partial charge in [-0.2, -0.15) is 4.90 Å². The van der Waals surface area contributed by atoms with Gasteiger partial charge in [0.1, 0.15) is 17.0 Å². The number of alkyl halides is 1. The van der Waals surface area contributed by atoms with Crippen molar-refractivity contribution in [1.29, 1.82) is 0 Å². The van der Waals surface area contributed by atoms with E-state index in [4.69, 9.17) is 35.1 Å². The zero-order chi connectivity index (χ0) is 35.1. The summed E-state index contributed by atoms with van der Waals surface area (Å²) in [6, 6.07) is 15.1. The third-order valence-electron chi connectivity index (χ3n) is 6.55. The molecule has 17 heteroatoms. The molecule has 250 valence electrons. The van der Waals surface area contributed by atoms with Gasteiger partial charge in [-0.25, -0.2) is 28.6 Å². The molecule has 3 heterocycles. The maximum Gasteiger partial charge on any atom is 0.360 e. The van der Waals surface area contributed by atoms with Crippen LogP contribution in [0.1, 0.15) is 43.8 Å². The van der Waals surface area contributed by atoms with Crippen molar-refractivity contribution in [3.8, 4) is 11.6 Å². The normalized spacial score (nSPS) is 17.3. The number of carbonyl (C=O) groups excluding carboxylic acids is 6. The highest BCUT2D eigenvalue weighted by Crippen LogP contribution is 2.30. The number of furan rings is 1. The van der Waals surface area contributed by atoms with Gasteiger partial charge in [0.25, 0.3) is 18.0 Å². The standard InChI is InChI=1S/C32H22ClFN4O11/c1-2-45-30(43)32(34)28(49-36-16-21-12-7-13-46-21)37-31(44)38(29(32)42)25(39)19-10-6-11-20(14-19)27(41)48-24-15-23(22(33)17-35-24)47-26(40)18-8-4-3-5-9-18/h3-17,28H,2H2,1H3,(H,37,44). The monoisotopic (exact) mass is 692 g/mol. The molecule has 4 aromatic rings. The van der Waals surface area contributed by atoms with Crippen molar-refractivity contribution in [1.82, 2.24) is 15.2 Å². The molecule has 0 saturated carbocycles. The Balaban J connectivity index is 1.34. The van der Waals surface area contributed by atoms with Gasteiger partial charge in [0.15, 0.2) is 5.75 Å². The van der Waals surface area contributed by atoms with Gasteiger partial charge < -0.3 is 23.5 Å². The number of hydrogen-bond donors (Lipinski definition) is 1. The van der Waals surface area contributed by atoms with Crippen LogP contribution in [0, 0.1) is 0 Å². The molecule has 1 saturated heterocycles. The zero-order valence-electron chi connectivity index (χ0n) is 25.0. The highest BCUT2D eigenvalue weighted by atomic mass is 35.5. The number of carbonyl (C=O) groups is 6. The summed E-state index contributed by atoms with van der Waals surface area (Å²) in [5.41, 5.74) is -4.27. The molecule has 4 amide bonds. The van der Waals surface area contributed by atoms with Crippen molar-refractivity contribution in [3.63, 3.8) is 0 Å². The molecule has 1 N–H and O–H groups in total. The van der Waals surface area contributed by atoms with Crippen LogP contribution >= 0.6 is 11.6 Å². The van der Waals surface area contributed by atoms with E-state index in [1.54, 1.807) is 18.2 Å². The van der Waals surface area contributed by atoms with Crippen LogP contribution in [0.5, 0.6) is 11.6 Å². The van der Waals surface area contributed by atoms with Gasteiger partial charge in [0, 0.05) is 11.6 Å². The Bertz CT molecular complexity index is 1960. The lowest BCUT2D eigenvalue weighted by Gasteiger charge is -2.37. The molecule has 1 aliphatic heterocycles. The van der Waals surface area contributed by atoms with E-state index in [9.17, 15) is 28.8 Å². The van der Waals surface area contributed by atoms with E-state index in [1.807, 2.05) is 5.32 Å². The van der Waals surface area contributed by atoms with Crippen molar-refractivity contribution in [2.24, 2.45) is 5.16 Å². The average Bonchev–Trinajstić information content (AvgIpc) is 3.62. The van der Waals surface area contributed by atoms with E-state index in [0.717, 1.165) is 30.6 Å². The topological polar surface area (TPSA) is 193 Å². The SMILES string of the molecule is CCOC(=O)C1(F)C(=O)N(C(=O)c2cccc(C(=O)Oc3cc(OC(=O)c4ccccc4)c(Cl)cn3)c2)C(=O)NC1ON=Cc1ccco1. The minimum Gasteiger partial charge on any atom is -0.463 e. The van der Waals surface area contributed by atoms with Crippen LogP contribution in [0.15, 0.2) is 94.8 Å². The Morgan fingerprint density at radius 1 is 1.00 bits per heavy atom. The van der Waals surface area contributed by atoms with Gasteiger partial charge in [0.05, 0.1) is 30.2 Å². The molecule has 49 heavy (non-hydrogen) atoms. The molecule has 2 aromatic heterocycles. The van der Waals surface area contributed by atoms with Gasteiger partial charge in [-0.3, -0.25) is 14.9 Å². The fraction of sp³-hybridized carbons (Fsp3) is 0.125. The molecular formula is C32H22ClFN4O11. The summed E-state index contributed by atoms with van der Waals surface area (Å²) in [4.78, 5) is 86.4. The Morgan fingerprint density at radius 3 is 2.43 bits per heavy atom. The van der Waals surface area contributed by atoms with Gasteiger partial charge in [-0.15, -0.1) is 0 Å². The first-order valence-corrected chi connectivity index (χ1v) is 14.4. The number of benzene rings is 2. The second kappa shape index (κ2) is 14.6. The predicted molar refractivity (Wildman–Crippen MR) is 163 cm³/mol. The quantitative estimate of drug-likeness (QED) is 0.0823. The molecule has 2 unspecified atom stereocenters. The Kier molecular flexibility index (Phi) is 10.1. The number of oxime groups is 1. The molecule has 15 nitrogen and oxygen atoms in total. The molecule has 0 aliphatic carbocycles. The highest BCUT2D eigenvalue weighted by Gasteiger charge is 2.65. The first kappa shape index (κ1) is 33.9. The minimum atomic E-state index is -3.77. The number of hydrogen-bond acceptors (Lipinski definition) is 13. The van der Waals surface area contributed by atoms with E-state index in [0.29, 0.717) is 0 Å². The smallest absolute Gasteiger partial charge is 0.360 e. The fourth-order valence-electron chi connectivity index (χ4n) is 4.20. The lowest BCUT2D eigenvalue weighted by atomic mass is 9.99. The first-order chi connectivity index (χ1) is 23.5. The summed E-state index contributed by atoms with van der Waals surface area (Å²) < 4.78 is 36.5. The molecule has 0 bridgehead atoms. The maximum absolute atomic E-state index is 16.3. The maximum atomic E-state index is 16.3. The second-order valence-corrected chi connectivity index (χ2v) is 10.1. The average molecular weight is 693 g/mol. The Morgan fingerprint density at radius 2 is 1.71 bits per heavy atom. The van der Waals surface area contributed by atoms with Crippen LogP contribution in [-0.2, 0) is 19.2 Å². The van der Waals surface area contributed by atoms with E-state index >= 15 is 4.39 Å². The molecule has 0 spiro atoms. The minimum absolute atomic E-state index is 0.0649. The third-order valence-corrected chi connectivity index (χ3v) is 6.83. The van der Waals surface area contributed by atoms with Crippen molar-refractivity contribution in [2.45, 2.75) is 18.8 Å². The number of rotatable bonds is 10. The van der Waals surface area contributed by atoms with Crippen LogP contribution in [0.4, 0.5) is 9.18 Å². The number of halogens is 2. The first-order valence-electron chi connectivity index (χ1n) is 14.1. The van der Waals surface area contributed by atoms with Crippen LogP contribution < -0.4 is 14.8 Å². The number of pyridine rings is 1. The highest BCUT2D eigenvalue weighted by molar-refractivity contribution is 6.32. The summed E-state index contributed by atoms with van der Waals surface area (Å²) in [5.74, 6) is -7.29. The molecule has 5 rings (SSSR count). The Labute approximate surface area is 280 Å². The van der Waals surface area contributed by atoms with Crippen molar-refractivity contribution in [3.05, 3.63) is 113 Å². The predicted octanol–water partition coefficient (Wildman–Crippen LogP) is 4.11. The number of esters is 3. The molecule has 0 radical (unpaired) electrons. The summed E-state index contributed by atoms with van der Waals surface area (Å²) in [6.07, 6.45) is 1.01. The second-order valence-electron chi connectivity index (χ2n) is 9.74. The van der Waals surface area contributed by atoms with E-state index in [-0.39, 0.29) is 45.0 Å². The van der Waals surface area contributed by atoms with Gasteiger partial charge in [-0.05, 0) is 49.4 Å². The van der Waals surface area contributed by atoms with Crippen molar-refractivity contribution >= 4 is 53.6 Å². The van der Waals surface area contributed by atoms with E-state index < -0.39 is 53.2 Å².